The fourth-order valence-electron chi connectivity index (χ4n) is 1.30. The Morgan fingerprint density at radius 2 is 2.06 bits per heavy atom. The molecule has 0 bridgehead atoms. The van der Waals surface area contributed by atoms with Crippen molar-refractivity contribution in [3.63, 3.8) is 0 Å². The summed E-state index contributed by atoms with van der Waals surface area (Å²) in [5.74, 6) is 0.160. The van der Waals surface area contributed by atoms with Crippen LogP contribution < -0.4 is 4.90 Å². The molecular weight excluding hydrogens is 221 g/mol. The molecule has 0 saturated carbocycles. The largest absolute Gasteiger partial charge is 0.410 e. The van der Waals surface area contributed by atoms with E-state index < -0.39 is 12.2 Å². The first-order chi connectivity index (χ1) is 7.29. The lowest BCUT2D eigenvalue weighted by molar-refractivity contribution is -0.165. The predicted octanol–water partition coefficient (Wildman–Crippen LogP) is 1.94. The van der Waals surface area contributed by atoms with Crippen molar-refractivity contribution in [1.82, 2.24) is 9.78 Å². The summed E-state index contributed by atoms with van der Waals surface area (Å²) in [6, 6.07) is 0.0539. The minimum Gasteiger partial charge on any atom is -0.362 e. The van der Waals surface area contributed by atoms with Crippen molar-refractivity contribution in [3.05, 3.63) is 11.8 Å². The monoisotopic (exact) mass is 232 g/mol. The molecule has 1 heterocycles. The molecule has 1 aromatic rings. The molecule has 0 fully saturated rings. The highest BCUT2D eigenvalue weighted by Crippen LogP contribution is 2.33. The fourth-order valence-corrected chi connectivity index (χ4v) is 1.30. The van der Waals surface area contributed by atoms with E-state index in [0.29, 0.717) is 0 Å². The number of hydrogen-bond acceptors (Lipinski definition) is 3. The SMILES string of the molecule is CC(n1ncc(C#N)c1N(C)C)C(F)(F)F. The summed E-state index contributed by atoms with van der Waals surface area (Å²) in [7, 11) is 3.13. The van der Waals surface area contributed by atoms with Gasteiger partial charge in [0.1, 0.15) is 23.5 Å². The minimum absolute atomic E-state index is 0.126. The Labute approximate surface area is 90.9 Å². The number of nitrogens with zero attached hydrogens (tertiary/aromatic N) is 4. The quantitative estimate of drug-likeness (QED) is 0.782. The fraction of sp³-hybridized carbons (Fsp3) is 0.556. The molecular formula is C9H11F3N4. The van der Waals surface area contributed by atoms with Crippen LogP contribution >= 0.6 is 0 Å². The number of nitriles is 1. The maximum atomic E-state index is 12.5. The van der Waals surface area contributed by atoms with E-state index in [1.807, 2.05) is 6.07 Å². The van der Waals surface area contributed by atoms with Crippen LogP contribution in [0.15, 0.2) is 6.20 Å². The molecule has 1 unspecified atom stereocenters. The number of halogens is 3. The van der Waals surface area contributed by atoms with Crippen molar-refractivity contribution in [1.29, 1.82) is 5.26 Å². The van der Waals surface area contributed by atoms with Gasteiger partial charge in [-0.1, -0.05) is 0 Å². The van der Waals surface area contributed by atoms with Crippen LogP contribution in [0.2, 0.25) is 0 Å². The van der Waals surface area contributed by atoms with E-state index in [1.165, 1.54) is 4.90 Å². The molecule has 0 aliphatic rings. The van der Waals surface area contributed by atoms with Gasteiger partial charge in [0, 0.05) is 14.1 Å². The van der Waals surface area contributed by atoms with Gasteiger partial charge in [-0.25, -0.2) is 4.68 Å². The van der Waals surface area contributed by atoms with Crippen LogP contribution in [0, 0.1) is 11.3 Å². The second-order valence-electron chi connectivity index (χ2n) is 3.55. The molecule has 0 amide bonds. The summed E-state index contributed by atoms with van der Waals surface area (Å²) in [6.45, 7) is 1.00. The number of hydrogen-bond donors (Lipinski definition) is 0. The maximum Gasteiger partial charge on any atom is 0.410 e. The Balaban J connectivity index is 3.26. The zero-order chi connectivity index (χ0) is 12.5. The van der Waals surface area contributed by atoms with Gasteiger partial charge < -0.3 is 4.90 Å². The van der Waals surface area contributed by atoms with Crippen LogP contribution in [0.3, 0.4) is 0 Å². The van der Waals surface area contributed by atoms with Crippen LogP contribution in [0.1, 0.15) is 18.5 Å². The molecule has 16 heavy (non-hydrogen) atoms. The van der Waals surface area contributed by atoms with Crippen LogP contribution in [0.4, 0.5) is 19.0 Å². The molecule has 0 spiro atoms. The van der Waals surface area contributed by atoms with Crippen molar-refractivity contribution in [3.8, 4) is 6.07 Å². The summed E-state index contributed by atoms with van der Waals surface area (Å²) in [4.78, 5) is 1.44. The van der Waals surface area contributed by atoms with Crippen molar-refractivity contribution >= 4 is 5.82 Å². The van der Waals surface area contributed by atoms with Gasteiger partial charge in [-0.05, 0) is 6.92 Å². The van der Waals surface area contributed by atoms with Crippen molar-refractivity contribution in [2.75, 3.05) is 19.0 Å². The van der Waals surface area contributed by atoms with Crippen LogP contribution in [-0.4, -0.2) is 30.1 Å². The molecule has 0 aliphatic heterocycles. The third kappa shape index (κ3) is 2.10. The van der Waals surface area contributed by atoms with E-state index in [2.05, 4.69) is 5.10 Å². The van der Waals surface area contributed by atoms with Gasteiger partial charge in [-0.15, -0.1) is 0 Å². The van der Waals surface area contributed by atoms with Crippen molar-refractivity contribution in [2.24, 2.45) is 0 Å². The molecule has 0 N–H and O–H groups in total. The molecule has 0 aromatic carbocycles. The average molecular weight is 232 g/mol. The lowest BCUT2D eigenvalue weighted by Gasteiger charge is -2.22. The molecule has 4 nitrogen and oxygen atoms in total. The van der Waals surface area contributed by atoms with Gasteiger partial charge in [-0.2, -0.15) is 23.5 Å². The minimum atomic E-state index is -4.39. The lowest BCUT2D eigenvalue weighted by Crippen LogP contribution is -2.27. The summed E-state index contributed by atoms with van der Waals surface area (Å²) in [6.07, 6.45) is -3.25. The third-order valence-corrected chi connectivity index (χ3v) is 2.15. The summed E-state index contributed by atoms with van der Waals surface area (Å²) >= 11 is 0. The normalized spacial score (nSPS) is 13.3. The van der Waals surface area contributed by atoms with E-state index >= 15 is 0 Å². The van der Waals surface area contributed by atoms with Crippen LogP contribution in [-0.2, 0) is 0 Å². The average Bonchev–Trinajstić information content (AvgIpc) is 2.57. The molecule has 88 valence electrons. The maximum absolute atomic E-state index is 12.5. The highest BCUT2D eigenvalue weighted by atomic mass is 19.4. The van der Waals surface area contributed by atoms with Gasteiger partial charge >= 0.3 is 6.18 Å². The molecule has 1 rings (SSSR count). The Morgan fingerprint density at radius 3 is 2.44 bits per heavy atom. The third-order valence-electron chi connectivity index (χ3n) is 2.15. The highest BCUT2D eigenvalue weighted by Gasteiger charge is 2.39. The van der Waals surface area contributed by atoms with E-state index in [9.17, 15) is 13.2 Å². The van der Waals surface area contributed by atoms with Gasteiger partial charge in [0.25, 0.3) is 0 Å². The molecule has 1 aromatic heterocycles. The van der Waals surface area contributed by atoms with E-state index in [-0.39, 0.29) is 11.4 Å². The van der Waals surface area contributed by atoms with E-state index in [0.717, 1.165) is 17.8 Å². The predicted molar refractivity (Wildman–Crippen MR) is 52.0 cm³/mol. The molecule has 7 heteroatoms. The summed E-state index contributed by atoms with van der Waals surface area (Å²) in [5, 5.41) is 12.4. The lowest BCUT2D eigenvalue weighted by atomic mass is 10.3. The Morgan fingerprint density at radius 1 is 1.50 bits per heavy atom. The van der Waals surface area contributed by atoms with Crippen LogP contribution in [0.5, 0.6) is 0 Å². The summed E-state index contributed by atoms with van der Waals surface area (Å²) < 4.78 is 38.4. The molecule has 0 saturated heterocycles. The topological polar surface area (TPSA) is 44.9 Å². The Hall–Kier alpha value is -1.71. The first kappa shape index (κ1) is 12.4. The first-order valence-electron chi connectivity index (χ1n) is 4.50. The molecule has 0 radical (unpaired) electrons. The standard InChI is InChI=1S/C9H11F3N4/c1-6(9(10,11)12)16-8(15(2)3)7(4-13)5-14-16/h5-6H,1-3H3. The second-order valence-corrected chi connectivity index (χ2v) is 3.55. The zero-order valence-electron chi connectivity index (χ0n) is 9.08. The first-order valence-corrected chi connectivity index (χ1v) is 4.50. The Bertz CT molecular complexity index is 413. The van der Waals surface area contributed by atoms with Crippen molar-refractivity contribution < 1.29 is 13.2 Å². The number of rotatable bonds is 2. The van der Waals surface area contributed by atoms with Crippen molar-refractivity contribution in [2.45, 2.75) is 19.1 Å². The molecule has 0 aliphatic carbocycles. The number of anilines is 1. The molecule has 1 atom stereocenters. The second kappa shape index (κ2) is 4.04. The van der Waals surface area contributed by atoms with E-state index in [1.54, 1.807) is 14.1 Å². The highest BCUT2D eigenvalue weighted by molar-refractivity contribution is 5.52. The van der Waals surface area contributed by atoms with Gasteiger partial charge in [0.2, 0.25) is 0 Å². The number of aromatic nitrogens is 2. The zero-order valence-corrected chi connectivity index (χ0v) is 9.08. The van der Waals surface area contributed by atoms with E-state index in [4.69, 9.17) is 5.26 Å². The van der Waals surface area contributed by atoms with Gasteiger partial charge in [0.05, 0.1) is 6.20 Å². The summed E-state index contributed by atoms with van der Waals surface area (Å²) in [5.41, 5.74) is 0.126. The number of alkyl halides is 3. The Kier molecular flexibility index (Phi) is 3.12. The van der Waals surface area contributed by atoms with Gasteiger partial charge in [-0.3, -0.25) is 0 Å². The van der Waals surface area contributed by atoms with Gasteiger partial charge in [0.15, 0.2) is 0 Å². The smallest absolute Gasteiger partial charge is 0.362 e. The van der Waals surface area contributed by atoms with Crippen LogP contribution in [0.25, 0.3) is 0 Å².